The second kappa shape index (κ2) is 1.22. The summed E-state index contributed by atoms with van der Waals surface area (Å²) in [6, 6.07) is 0. The van der Waals surface area contributed by atoms with Crippen LogP contribution in [0.15, 0.2) is 10.8 Å². The average molecular weight is 101 g/mol. The summed E-state index contributed by atoms with van der Waals surface area (Å²) in [6.45, 7) is 1.65. The van der Waals surface area contributed by atoms with Gasteiger partial charge in [0.25, 0.3) is 0 Å². The van der Waals surface area contributed by atoms with Gasteiger partial charge in [0, 0.05) is 6.92 Å². The van der Waals surface area contributed by atoms with Gasteiger partial charge in [0.05, 0.1) is 0 Å². The Morgan fingerprint density at radius 2 is 2.71 bits per heavy atom. The van der Waals surface area contributed by atoms with Crippen molar-refractivity contribution in [2.24, 2.45) is 0 Å². The maximum absolute atomic E-state index is 10.1. The van der Waals surface area contributed by atoms with Crippen molar-refractivity contribution < 1.29 is 9.23 Å². The van der Waals surface area contributed by atoms with Crippen molar-refractivity contribution in [1.29, 1.82) is 0 Å². The largest absolute Gasteiger partial charge is 0.238 e. The zero-order valence-electron chi connectivity index (χ0n) is 3.84. The lowest BCUT2D eigenvalue weighted by atomic mass is 10.6. The predicted molar refractivity (Wildman–Crippen MR) is 21.2 cm³/mol. The Hall–Kier alpha value is -1.06. The molecule has 0 spiro atoms. The number of nitrogens with zero attached hydrogens (tertiary/aromatic N) is 1. The van der Waals surface area contributed by atoms with E-state index in [-0.39, 0.29) is 0 Å². The van der Waals surface area contributed by atoms with Gasteiger partial charge in [-0.25, -0.2) is 0 Å². The van der Waals surface area contributed by atoms with Gasteiger partial charge in [0.15, 0.2) is 10.8 Å². The number of H-pyrrole nitrogens is 1. The molecule has 0 amide bonds. The number of aryl methyl sites for hydroxylation is 1. The minimum absolute atomic E-state index is 0.403. The summed E-state index contributed by atoms with van der Waals surface area (Å²) in [6.07, 6.45) is 1.48. The monoisotopic (exact) mass is 101 g/mol. The lowest BCUT2D eigenvalue weighted by Gasteiger charge is -1.53. The molecule has 0 aliphatic heterocycles. The van der Waals surface area contributed by atoms with Crippen LogP contribution in [0.2, 0.25) is 0 Å². The van der Waals surface area contributed by atoms with E-state index < -0.39 is 0 Å². The minimum Gasteiger partial charge on any atom is -0.0885 e. The molecule has 1 heterocycles. The fraction of sp³-hybridized carbons (Fsp3) is 0.333. The third kappa shape index (κ3) is 0.534. The first-order valence-corrected chi connectivity index (χ1v) is 1.87. The van der Waals surface area contributed by atoms with Crippen LogP contribution >= 0.6 is 0 Å². The van der Waals surface area contributed by atoms with Crippen LogP contribution in [0, 0.1) is 11.8 Å². The Morgan fingerprint density at radius 1 is 2.00 bits per heavy atom. The van der Waals surface area contributed by atoms with E-state index in [1.165, 1.54) is 6.20 Å². The van der Waals surface area contributed by atoms with E-state index in [9.17, 15) is 4.91 Å². The van der Waals surface area contributed by atoms with E-state index in [1.54, 1.807) is 6.92 Å². The third-order valence-electron chi connectivity index (χ3n) is 0.691. The summed E-state index contributed by atoms with van der Waals surface area (Å²) in [7, 11) is 0. The molecule has 1 aromatic rings. The van der Waals surface area contributed by atoms with Crippen molar-refractivity contribution in [2.45, 2.75) is 6.92 Å². The number of hydrogen-bond donors (Lipinski definition) is 1. The molecule has 38 valence electrons. The van der Waals surface area contributed by atoms with Crippen molar-refractivity contribution in [3.05, 3.63) is 16.8 Å². The van der Waals surface area contributed by atoms with E-state index in [2.05, 4.69) is 9.79 Å². The number of nitrogens with one attached hydrogen (secondary N) is 1. The molecule has 0 aliphatic carbocycles. The van der Waals surface area contributed by atoms with Crippen LogP contribution in [-0.2, 0) is 0 Å². The van der Waals surface area contributed by atoms with Crippen LogP contribution < -0.4 is 4.60 Å². The molecule has 1 rings (SSSR count). The topological polar surface area (TPSA) is 51.9 Å². The van der Waals surface area contributed by atoms with Gasteiger partial charge >= 0.3 is 0 Å². The molecule has 0 unspecified atom stereocenters. The van der Waals surface area contributed by atoms with Gasteiger partial charge < -0.3 is 0 Å². The van der Waals surface area contributed by atoms with Crippen LogP contribution in [0.25, 0.3) is 0 Å². The first kappa shape index (κ1) is 4.11. The van der Waals surface area contributed by atoms with E-state index in [0.29, 0.717) is 10.3 Å². The van der Waals surface area contributed by atoms with Crippen molar-refractivity contribution in [2.75, 3.05) is 0 Å². The van der Waals surface area contributed by atoms with Gasteiger partial charge in [0.2, 0.25) is 5.69 Å². The van der Waals surface area contributed by atoms with Gasteiger partial charge in [-0.15, -0.1) is 0 Å². The summed E-state index contributed by atoms with van der Waals surface area (Å²) in [4.78, 5) is 10.1. The second-order valence-electron chi connectivity index (χ2n) is 1.25. The smallest absolute Gasteiger partial charge is 0.0885 e. The molecule has 1 N–H and O–H groups in total. The highest BCUT2D eigenvalue weighted by molar-refractivity contribution is 4.74. The molecule has 1 aromatic heterocycles. The second-order valence-corrected chi connectivity index (χ2v) is 1.25. The maximum atomic E-state index is 10.1. The lowest BCUT2D eigenvalue weighted by Crippen LogP contribution is -2.11. The van der Waals surface area contributed by atoms with Gasteiger partial charge in [0.1, 0.15) is 0 Å². The normalized spacial score (nSPS) is 9.29. The molecule has 0 aliphatic rings. The Bertz CT molecular complexity index is 199. The fourth-order valence-electron chi connectivity index (χ4n) is 0.284. The van der Waals surface area contributed by atoms with Crippen molar-refractivity contribution in [3.8, 4) is 0 Å². The van der Waals surface area contributed by atoms with Crippen LogP contribution in [0.5, 0.6) is 0 Å². The first-order chi connectivity index (χ1) is 3.30. The summed E-state index contributed by atoms with van der Waals surface area (Å²) < 4.78 is 4.60. The third-order valence-corrected chi connectivity index (χ3v) is 0.691. The molecule has 4 nitrogen and oxygen atoms in total. The van der Waals surface area contributed by atoms with Crippen molar-refractivity contribution in [3.63, 3.8) is 0 Å². The van der Waals surface area contributed by atoms with Crippen molar-refractivity contribution in [1.82, 2.24) is 5.16 Å². The highest BCUT2D eigenvalue weighted by Crippen LogP contribution is 1.75. The molecule has 4 heteroatoms. The Kier molecular flexibility index (Phi) is 0.714. The average Bonchev–Trinajstić information content (AvgIpc) is 1.91. The Labute approximate surface area is 39.3 Å². The molecule has 0 saturated heterocycles. The number of rotatable bonds is 0. The standard InChI is InChI=1S/C3H5N2O2/c1-3-2-4-7-5(3)6/h2,4H,1H3/q+1. The van der Waals surface area contributed by atoms with Crippen molar-refractivity contribution >= 4 is 0 Å². The molecule has 0 fully saturated rings. The van der Waals surface area contributed by atoms with Gasteiger partial charge in [-0.2, -0.15) is 0 Å². The molecule has 0 radical (unpaired) electrons. The van der Waals surface area contributed by atoms with Gasteiger partial charge in [-0.1, -0.05) is 9.79 Å². The minimum atomic E-state index is 0.403. The summed E-state index contributed by atoms with van der Waals surface area (Å²) in [5.41, 5.74) is 0.528. The fourth-order valence-corrected chi connectivity index (χ4v) is 0.284. The molecular formula is C3H5N2O2+. The summed E-state index contributed by atoms with van der Waals surface area (Å²) >= 11 is 0. The molecule has 0 saturated carbocycles. The SMILES string of the molecule is Cc1c[nH]o[n+]1=O. The highest BCUT2D eigenvalue weighted by Gasteiger charge is 1.96. The van der Waals surface area contributed by atoms with E-state index in [0.717, 1.165) is 0 Å². The number of hydrogen-bond acceptors (Lipinski definition) is 2. The number of aromatic amines is 1. The van der Waals surface area contributed by atoms with Gasteiger partial charge in [-0.05, 0) is 4.91 Å². The van der Waals surface area contributed by atoms with Crippen LogP contribution in [0.4, 0.5) is 0 Å². The quantitative estimate of drug-likeness (QED) is 0.493. The Balaban J connectivity index is 3.39. The van der Waals surface area contributed by atoms with Crippen LogP contribution in [0.1, 0.15) is 5.69 Å². The highest BCUT2D eigenvalue weighted by atomic mass is 16.7. The molecule has 0 aromatic carbocycles. The zero-order chi connectivity index (χ0) is 5.28. The zero-order valence-corrected chi connectivity index (χ0v) is 3.84. The summed E-state index contributed by atoms with van der Waals surface area (Å²) in [5.74, 6) is 0. The predicted octanol–water partition coefficient (Wildman–Crippen LogP) is -0.169. The first-order valence-electron chi connectivity index (χ1n) is 1.87. The molecule has 0 bridgehead atoms. The van der Waals surface area contributed by atoms with Crippen LogP contribution in [-0.4, -0.2) is 5.16 Å². The van der Waals surface area contributed by atoms with E-state index in [1.807, 2.05) is 0 Å². The molecule has 7 heavy (non-hydrogen) atoms. The number of aromatic nitrogens is 2. The van der Waals surface area contributed by atoms with E-state index in [4.69, 9.17) is 0 Å². The van der Waals surface area contributed by atoms with E-state index >= 15 is 0 Å². The van der Waals surface area contributed by atoms with Gasteiger partial charge in [-0.3, -0.25) is 0 Å². The van der Waals surface area contributed by atoms with Crippen LogP contribution in [0.3, 0.4) is 0 Å². The summed E-state index contributed by atoms with van der Waals surface area (Å²) in [5, 5.41) is 2.27. The Morgan fingerprint density at radius 3 is 2.86 bits per heavy atom. The molecular weight excluding hydrogens is 96.0 g/mol. The maximum Gasteiger partial charge on any atom is 0.238 e. The molecule has 0 atom stereocenters. The lowest BCUT2D eigenvalue weighted by molar-refractivity contribution is -0.718.